The fourth-order valence-electron chi connectivity index (χ4n) is 3.18. The molecule has 1 amide bonds. The van der Waals surface area contributed by atoms with E-state index in [4.69, 9.17) is 4.74 Å². The van der Waals surface area contributed by atoms with Crippen molar-refractivity contribution in [3.05, 3.63) is 60.2 Å². The first-order valence-corrected chi connectivity index (χ1v) is 11.6. The standard InChI is InChI=1S/C22H30N2O4S/c1-5-20(24(29(4,26)27)18-11-7-6-8-12-18)22(25)23-15-16-28-21-14-10-9-13-19(21)17(2)3/h6-14,17,20H,5,15-16H2,1-4H3,(H,23,25). The highest BCUT2D eigenvalue weighted by molar-refractivity contribution is 7.92. The molecular formula is C22H30N2O4S. The minimum absolute atomic E-state index is 0.286. The van der Waals surface area contributed by atoms with Crippen LogP contribution in [0, 0.1) is 0 Å². The van der Waals surface area contributed by atoms with Gasteiger partial charge in [0, 0.05) is 0 Å². The molecule has 7 heteroatoms. The second-order valence-corrected chi connectivity index (χ2v) is 9.01. The number of benzene rings is 2. The van der Waals surface area contributed by atoms with Gasteiger partial charge in [0.2, 0.25) is 15.9 Å². The number of rotatable bonds is 10. The highest BCUT2D eigenvalue weighted by Gasteiger charge is 2.31. The third kappa shape index (κ3) is 6.22. The lowest BCUT2D eigenvalue weighted by molar-refractivity contribution is -0.122. The van der Waals surface area contributed by atoms with E-state index in [1.807, 2.05) is 24.3 Å². The van der Waals surface area contributed by atoms with E-state index < -0.39 is 16.1 Å². The van der Waals surface area contributed by atoms with E-state index in [9.17, 15) is 13.2 Å². The molecule has 1 unspecified atom stereocenters. The van der Waals surface area contributed by atoms with Crippen LogP contribution in [0.3, 0.4) is 0 Å². The minimum atomic E-state index is -3.62. The van der Waals surface area contributed by atoms with E-state index >= 15 is 0 Å². The Kier molecular flexibility index (Phi) is 8.08. The summed E-state index contributed by atoms with van der Waals surface area (Å²) < 4.78 is 31.8. The lowest BCUT2D eigenvalue weighted by atomic mass is 10.0. The summed E-state index contributed by atoms with van der Waals surface area (Å²) in [7, 11) is -3.62. The number of ether oxygens (including phenoxy) is 1. The topological polar surface area (TPSA) is 75.7 Å². The quantitative estimate of drug-likeness (QED) is 0.599. The highest BCUT2D eigenvalue weighted by atomic mass is 32.2. The molecule has 2 aromatic rings. The van der Waals surface area contributed by atoms with Gasteiger partial charge in [0.25, 0.3) is 0 Å². The summed E-state index contributed by atoms with van der Waals surface area (Å²) in [6, 6.07) is 15.7. The molecule has 0 saturated heterocycles. The zero-order valence-corrected chi connectivity index (χ0v) is 18.3. The first-order valence-electron chi connectivity index (χ1n) is 9.79. The maximum atomic E-state index is 12.7. The molecule has 0 aliphatic rings. The molecule has 0 aliphatic heterocycles. The molecule has 0 bridgehead atoms. The number of para-hydroxylation sites is 2. The van der Waals surface area contributed by atoms with Crippen molar-refractivity contribution in [1.82, 2.24) is 5.32 Å². The second-order valence-electron chi connectivity index (χ2n) is 7.15. The van der Waals surface area contributed by atoms with Crippen molar-refractivity contribution in [3.63, 3.8) is 0 Å². The molecule has 2 aromatic carbocycles. The molecule has 0 heterocycles. The lowest BCUT2D eigenvalue weighted by Crippen LogP contribution is -2.50. The largest absolute Gasteiger partial charge is 0.491 e. The molecule has 1 atom stereocenters. The summed E-state index contributed by atoms with van der Waals surface area (Å²) in [5, 5.41) is 2.80. The molecule has 29 heavy (non-hydrogen) atoms. The van der Waals surface area contributed by atoms with E-state index in [0.29, 0.717) is 24.6 Å². The van der Waals surface area contributed by atoms with Crippen LogP contribution in [0.1, 0.15) is 38.7 Å². The predicted molar refractivity (Wildman–Crippen MR) is 117 cm³/mol. The summed E-state index contributed by atoms with van der Waals surface area (Å²) in [5.41, 5.74) is 1.58. The van der Waals surface area contributed by atoms with Crippen LogP contribution in [-0.2, 0) is 14.8 Å². The molecule has 2 rings (SSSR count). The Balaban J connectivity index is 2.03. The van der Waals surface area contributed by atoms with E-state index in [1.165, 1.54) is 4.31 Å². The van der Waals surface area contributed by atoms with Crippen LogP contribution in [0.15, 0.2) is 54.6 Å². The van der Waals surface area contributed by atoms with Gasteiger partial charge in [-0.1, -0.05) is 57.2 Å². The van der Waals surface area contributed by atoms with Crippen LogP contribution in [0.2, 0.25) is 0 Å². The van der Waals surface area contributed by atoms with Gasteiger partial charge >= 0.3 is 0 Å². The second kappa shape index (κ2) is 10.3. The van der Waals surface area contributed by atoms with Crippen LogP contribution in [0.5, 0.6) is 5.75 Å². The molecular weight excluding hydrogens is 388 g/mol. The molecule has 6 nitrogen and oxygen atoms in total. The van der Waals surface area contributed by atoms with E-state index in [2.05, 4.69) is 19.2 Å². The number of sulfonamides is 1. The Bertz CT molecular complexity index is 898. The van der Waals surface area contributed by atoms with Crippen molar-refractivity contribution < 1.29 is 17.9 Å². The molecule has 0 spiro atoms. The molecule has 0 aromatic heterocycles. The average molecular weight is 419 g/mol. The van der Waals surface area contributed by atoms with Crippen molar-refractivity contribution >= 4 is 21.6 Å². The normalized spacial score (nSPS) is 12.4. The van der Waals surface area contributed by atoms with Gasteiger partial charge in [-0.15, -0.1) is 0 Å². The van der Waals surface area contributed by atoms with Crippen molar-refractivity contribution in [2.45, 2.75) is 39.2 Å². The van der Waals surface area contributed by atoms with Crippen molar-refractivity contribution in [1.29, 1.82) is 0 Å². The van der Waals surface area contributed by atoms with Gasteiger partial charge < -0.3 is 10.1 Å². The fourth-order valence-corrected chi connectivity index (χ4v) is 4.39. The lowest BCUT2D eigenvalue weighted by Gasteiger charge is -2.30. The van der Waals surface area contributed by atoms with Crippen molar-refractivity contribution in [3.8, 4) is 5.75 Å². The van der Waals surface area contributed by atoms with Gasteiger partial charge in [0.15, 0.2) is 0 Å². The number of nitrogens with zero attached hydrogens (tertiary/aromatic N) is 1. The summed E-state index contributed by atoms with van der Waals surface area (Å²) in [4.78, 5) is 12.7. The van der Waals surface area contributed by atoms with Crippen LogP contribution in [-0.4, -0.2) is 39.8 Å². The number of nitrogens with one attached hydrogen (secondary N) is 1. The smallest absolute Gasteiger partial charge is 0.244 e. The van der Waals surface area contributed by atoms with Crippen molar-refractivity contribution in [2.75, 3.05) is 23.7 Å². The maximum Gasteiger partial charge on any atom is 0.244 e. The third-order valence-corrected chi connectivity index (χ3v) is 5.72. The van der Waals surface area contributed by atoms with Crippen LogP contribution < -0.4 is 14.4 Å². The Morgan fingerprint density at radius 3 is 2.28 bits per heavy atom. The predicted octanol–water partition coefficient (Wildman–Crippen LogP) is 3.55. The number of hydrogen-bond donors (Lipinski definition) is 1. The first kappa shape index (κ1) is 22.7. The Morgan fingerprint density at radius 2 is 1.69 bits per heavy atom. The maximum absolute atomic E-state index is 12.7. The van der Waals surface area contributed by atoms with Crippen molar-refractivity contribution in [2.24, 2.45) is 0 Å². The van der Waals surface area contributed by atoms with Gasteiger partial charge in [-0.05, 0) is 36.1 Å². The zero-order chi connectivity index (χ0) is 21.4. The van der Waals surface area contributed by atoms with Crippen LogP contribution >= 0.6 is 0 Å². The van der Waals surface area contributed by atoms with Gasteiger partial charge in [0.1, 0.15) is 18.4 Å². The number of hydrogen-bond acceptors (Lipinski definition) is 4. The zero-order valence-electron chi connectivity index (χ0n) is 17.5. The van der Waals surface area contributed by atoms with Gasteiger partial charge in [-0.3, -0.25) is 9.10 Å². The SMILES string of the molecule is CCC(C(=O)NCCOc1ccccc1C(C)C)N(c1ccccc1)S(C)(=O)=O. The first-order chi connectivity index (χ1) is 13.8. The van der Waals surface area contributed by atoms with Crippen LogP contribution in [0.25, 0.3) is 0 Å². The van der Waals surface area contributed by atoms with E-state index in [1.54, 1.807) is 37.3 Å². The number of carbonyl (C=O) groups excluding carboxylic acids is 1. The molecule has 0 saturated carbocycles. The monoisotopic (exact) mass is 418 g/mol. The Labute approximate surface area is 173 Å². The third-order valence-electron chi connectivity index (χ3n) is 4.54. The Morgan fingerprint density at radius 1 is 1.07 bits per heavy atom. The number of amides is 1. The summed E-state index contributed by atoms with van der Waals surface area (Å²) in [5.74, 6) is 0.785. The highest BCUT2D eigenvalue weighted by Crippen LogP contribution is 2.25. The fraction of sp³-hybridized carbons (Fsp3) is 0.409. The molecule has 158 valence electrons. The molecule has 0 fully saturated rings. The number of anilines is 1. The average Bonchev–Trinajstić information content (AvgIpc) is 2.69. The van der Waals surface area contributed by atoms with E-state index in [0.717, 1.165) is 17.6 Å². The molecule has 0 aliphatic carbocycles. The molecule has 1 N–H and O–H groups in total. The van der Waals surface area contributed by atoms with Gasteiger partial charge in [0.05, 0.1) is 18.5 Å². The van der Waals surface area contributed by atoms with Gasteiger partial charge in [-0.25, -0.2) is 8.42 Å². The van der Waals surface area contributed by atoms with Gasteiger partial charge in [-0.2, -0.15) is 0 Å². The molecule has 0 radical (unpaired) electrons. The minimum Gasteiger partial charge on any atom is -0.491 e. The summed E-state index contributed by atoms with van der Waals surface area (Å²) >= 11 is 0. The summed E-state index contributed by atoms with van der Waals surface area (Å²) in [6.07, 6.45) is 1.47. The Hall–Kier alpha value is -2.54. The van der Waals surface area contributed by atoms with E-state index in [-0.39, 0.29) is 12.5 Å². The summed E-state index contributed by atoms with van der Waals surface area (Å²) in [6.45, 7) is 6.57. The number of carbonyl (C=O) groups is 1. The van der Waals surface area contributed by atoms with Crippen LogP contribution in [0.4, 0.5) is 5.69 Å².